The van der Waals surface area contributed by atoms with Crippen molar-refractivity contribution in [1.29, 1.82) is 0 Å². The van der Waals surface area contributed by atoms with E-state index in [0.717, 1.165) is 36.2 Å². The van der Waals surface area contributed by atoms with Gasteiger partial charge in [0.1, 0.15) is 5.82 Å². The lowest BCUT2D eigenvalue weighted by molar-refractivity contribution is 0.0697. The molecular weight excluding hydrogens is 216 g/mol. The number of aromatic carboxylic acids is 1. The topological polar surface area (TPSA) is 55.1 Å². The van der Waals surface area contributed by atoms with Gasteiger partial charge >= 0.3 is 5.97 Å². The van der Waals surface area contributed by atoms with E-state index in [-0.39, 0.29) is 0 Å². The molecule has 1 aromatic carbocycles. The van der Waals surface area contributed by atoms with E-state index in [1.807, 2.05) is 6.07 Å². The minimum absolute atomic E-state index is 0.293. The minimum atomic E-state index is -0.907. The Hall–Kier alpha value is -1.84. The number of hydrogen-bond acceptors (Lipinski definition) is 2. The predicted molar refractivity (Wildman–Crippen MR) is 66.4 cm³/mol. The maximum atomic E-state index is 10.9. The fourth-order valence-electron chi connectivity index (χ4n) is 2.08. The molecule has 0 unspecified atom stereocenters. The Morgan fingerprint density at radius 2 is 2.18 bits per heavy atom. The fraction of sp³-hybridized carbons (Fsp3) is 0.385. The van der Waals surface area contributed by atoms with Gasteiger partial charge < -0.3 is 9.67 Å². The van der Waals surface area contributed by atoms with E-state index in [1.165, 1.54) is 0 Å². The lowest BCUT2D eigenvalue weighted by Crippen LogP contribution is -2.01. The van der Waals surface area contributed by atoms with Crippen LogP contribution in [0.1, 0.15) is 36.5 Å². The number of benzene rings is 1. The molecule has 1 N–H and O–H groups in total. The van der Waals surface area contributed by atoms with Crippen LogP contribution in [-0.4, -0.2) is 20.6 Å². The van der Waals surface area contributed by atoms with Gasteiger partial charge in [-0.1, -0.05) is 6.92 Å². The summed E-state index contributed by atoms with van der Waals surface area (Å²) < 4.78 is 2.14. The fourth-order valence-corrected chi connectivity index (χ4v) is 2.08. The van der Waals surface area contributed by atoms with Gasteiger partial charge in [0.15, 0.2) is 0 Å². The van der Waals surface area contributed by atoms with Crippen molar-refractivity contribution < 1.29 is 9.90 Å². The molecule has 1 heterocycles. The second kappa shape index (κ2) is 4.57. The monoisotopic (exact) mass is 232 g/mol. The summed E-state index contributed by atoms with van der Waals surface area (Å²) in [5.41, 5.74) is 2.08. The summed E-state index contributed by atoms with van der Waals surface area (Å²) in [6, 6.07) is 5.12. The lowest BCUT2D eigenvalue weighted by atomic mass is 10.2. The van der Waals surface area contributed by atoms with Crippen molar-refractivity contribution in [3.8, 4) is 0 Å². The summed E-state index contributed by atoms with van der Waals surface area (Å²) in [5.74, 6) is 0.127. The second-order valence-electron chi connectivity index (χ2n) is 4.03. The zero-order valence-electron chi connectivity index (χ0n) is 10.1. The van der Waals surface area contributed by atoms with Gasteiger partial charge in [0, 0.05) is 13.0 Å². The molecule has 0 saturated carbocycles. The van der Waals surface area contributed by atoms with E-state index in [0.29, 0.717) is 5.56 Å². The highest BCUT2D eigenvalue weighted by Gasteiger charge is 2.11. The molecule has 0 atom stereocenters. The Kier molecular flexibility index (Phi) is 3.13. The Balaban J connectivity index is 2.60. The summed E-state index contributed by atoms with van der Waals surface area (Å²) in [7, 11) is 0. The van der Waals surface area contributed by atoms with Gasteiger partial charge in [-0.2, -0.15) is 0 Å². The van der Waals surface area contributed by atoms with Crippen molar-refractivity contribution in [3.05, 3.63) is 29.6 Å². The van der Waals surface area contributed by atoms with Crippen LogP contribution in [0.3, 0.4) is 0 Å². The highest BCUT2D eigenvalue weighted by atomic mass is 16.4. The maximum Gasteiger partial charge on any atom is 0.335 e. The van der Waals surface area contributed by atoms with Gasteiger partial charge in [0.05, 0.1) is 16.6 Å². The maximum absolute atomic E-state index is 10.9. The number of carbonyl (C=O) groups is 1. The van der Waals surface area contributed by atoms with Gasteiger partial charge in [-0.25, -0.2) is 9.78 Å². The zero-order valence-corrected chi connectivity index (χ0v) is 10.1. The minimum Gasteiger partial charge on any atom is -0.478 e. The molecule has 1 aromatic heterocycles. The molecule has 0 amide bonds. The van der Waals surface area contributed by atoms with Gasteiger partial charge in [-0.3, -0.25) is 0 Å². The highest BCUT2D eigenvalue weighted by molar-refractivity contribution is 5.92. The number of fused-ring (bicyclic) bond motifs is 1. The molecule has 90 valence electrons. The van der Waals surface area contributed by atoms with E-state index < -0.39 is 5.97 Å². The Morgan fingerprint density at radius 3 is 2.76 bits per heavy atom. The summed E-state index contributed by atoms with van der Waals surface area (Å²) >= 11 is 0. The highest BCUT2D eigenvalue weighted by Crippen LogP contribution is 2.19. The van der Waals surface area contributed by atoms with Crippen LogP contribution in [0.5, 0.6) is 0 Å². The van der Waals surface area contributed by atoms with Crippen LogP contribution in [0.2, 0.25) is 0 Å². The number of carboxylic acids is 1. The summed E-state index contributed by atoms with van der Waals surface area (Å²) in [4.78, 5) is 15.4. The van der Waals surface area contributed by atoms with Crippen LogP contribution in [0.4, 0.5) is 0 Å². The normalized spacial score (nSPS) is 10.9. The van der Waals surface area contributed by atoms with Crippen LogP contribution in [0.15, 0.2) is 18.2 Å². The quantitative estimate of drug-likeness (QED) is 0.881. The van der Waals surface area contributed by atoms with Gasteiger partial charge in [-0.05, 0) is 31.5 Å². The first kappa shape index (κ1) is 11.6. The summed E-state index contributed by atoms with van der Waals surface area (Å²) in [6.07, 6.45) is 1.96. The van der Waals surface area contributed by atoms with Gasteiger partial charge in [0.25, 0.3) is 0 Å². The standard InChI is InChI=1S/C13H16N2O2/c1-3-5-12-14-10-8-9(13(16)17)6-7-11(10)15(12)4-2/h6-8H,3-5H2,1-2H3,(H,16,17). The number of rotatable bonds is 4. The van der Waals surface area contributed by atoms with Crippen LogP contribution < -0.4 is 0 Å². The smallest absolute Gasteiger partial charge is 0.335 e. The molecule has 2 rings (SSSR count). The average molecular weight is 232 g/mol. The van der Waals surface area contributed by atoms with E-state index in [4.69, 9.17) is 5.11 Å². The molecule has 0 aliphatic carbocycles. The zero-order chi connectivity index (χ0) is 12.4. The third kappa shape index (κ3) is 2.02. The Bertz CT molecular complexity index is 558. The van der Waals surface area contributed by atoms with E-state index in [2.05, 4.69) is 23.4 Å². The van der Waals surface area contributed by atoms with Crippen LogP contribution in [-0.2, 0) is 13.0 Å². The third-order valence-corrected chi connectivity index (χ3v) is 2.86. The van der Waals surface area contributed by atoms with Crippen molar-refractivity contribution in [2.24, 2.45) is 0 Å². The molecule has 0 radical (unpaired) electrons. The first-order valence-corrected chi connectivity index (χ1v) is 5.89. The predicted octanol–water partition coefficient (Wildman–Crippen LogP) is 2.71. The van der Waals surface area contributed by atoms with Crippen LogP contribution >= 0.6 is 0 Å². The molecule has 4 nitrogen and oxygen atoms in total. The molecule has 0 aliphatic heterocycles. The van der Waals surface area contributed by atoms with E-state index in [1.54, 1.807) is 12.1 Å². The number of imidazole rings is 1. The van der Waals surface area contributed by atoms with Crippen molar-refractivity contribution >= 4 is 17.0 Å². The van der Waals surface area contributed by atoms with Gasteiger partial charge in [0.2, 0.25) is 0 Å². The summed E-state index contributed by atoms with van der Waals surface area (Å²) in [6.45, 7) is 5.05. The number of nitrogens with zero attached hydrogens (tertiary/aromatic N) is 2. The molecule has 0 saturated heterocycles. The average Bonchev–Trinajstić information content (AvgIpc) is 2.65. The van der Waals surface area contributed by atoms with Crippen molar-refractivity contribution in [2.75, 3.05) is 0 Å². The Labute approximate surface area is 99.9 Å². The largest absolute Gasteiger partial charge is 0.478 e. The molecular formula is C13H16N2O2. The lowest BCUT2D eigenvalue weighted by Gasteiger charge is -2.04. The Morgan fingerprint density at radius 1 is 1.41 bits per heavy atom. The first-order valence-electron chi connectivity index (χ1n) is 5.89. The number of aryl methyl sites for hydroxylation is 2. The molecule has 2 aromatic rings. The molecule has 0 fully saturated rings. The van der Waals surface area contributed by atoms with Crippen molar-refractivity contribution in [2.45, 2.75) is 33.2 Å². The van der Waals surface area contributed by atoms with Crippen LogP contribution in [0.25, 0.3) is 11.0 Å². The molecule has 17 heavy (non-hydrogen) atoms. The van der Waals surface area contributed by atoms with Crippen molar-refractivity contribution in [1.82, 2.24) is 9.55 Å². The first-order chi connectivity index (χ1) is 8.17. The number of carboxylic acid groups (broad SMARTS) is 1. The number of hydrogen-bond donors (Lipinski definition) is 1. The molecule has 4 heteroatoms. The van der Waals surface area contributed by atoms with Crippen molar-refractivity contribution in [3.63, 3.8) is 0 Å². The number of aromatic nitrogens is 2. The summed E-state index contributed by atoms with van der Waals surface area (Å²) in [5, 5.41) is 8.95. The third-order valence-electron chi connectivity index (χ3n) is 2.86. The van der Waals surface area contributed by atoms with E-state index in [9.17, 15) is 4.79 Å². The molecule has 0 spiro atoms. The van der Waals surface area contributed by atoms with Gasteiger partial charge in [-0.15, -0.1) is 0 Å². The second-order valence-corrected chi connectivity index (χ2v) is 4.03. The van der Waals surface area contributed by atoms with E-state index >= 15 is 0 Å². The molecule has 0 bridgehead atoms. The van der Waals surface area contributed by atoms with Crippen LogP contribution in [0, 0.1) is 0 Å². The molecule has 0 aliphatic rings. The SMILES string of the molecule is CCCc1nc2cc(C(=O)O)ccc2n1CC.